The number of carbonyl (C=O) groups is 1. The molecular weight excluding hydrogens is 274 g/mol. The number of methoxy groups -OCH3 is 1. The maximum atomic E-state index is 11.9. The number of ether oxygens (including phenoxy) is 1. The number of carbonyl (C=O) groups excluding carboxylic acids is 1. The van der Waals surface area contributed by atoms with Crippen LogP contribution >= 0.6 is 23.7 Å². The molecule has 2 N–H and O–H groups in total. The second-order valence-corrected chi connectivity index (χ2v) is 5.02. The molecule has 1 aliphatic heterocycles. The van der Waals surface area contributed by atoms with Crippen LogP contribution in [-0.2, 0) is 11.3 Å². The summed E-state index contributed by atoms with van der Waals surface area (Å²) in [5.74, 6) is -0.0858. The van der Waals surface area contributed by atoms with Gasteiger partial charge in [-0.2, -0.15) is 0 Å². The number of nitrogens with one attached hydrogen (secondary N) is 2. The van der Waals surface area contributed by atoms with Crippen molar-refractivity contribution in [1.82, 2.24) is 15.6 Å². The van der Waals surface area contributed by atoms with Crippen LogP contribution in [0.25, 0.3) is 0 Å². The number of thiazole rings is 1. The van der Waals surface area contributed by atoms with E-state index in [2.05, 4.69) is 15.6 Å². The lowest BCUT2D eigenvalue weighted by atomic mass is 10.1. The van der Waals surface area contributed by atoms with Crippen molar-refractivity contribution in [1.29, 1.82) is 0 Å². The topological polar surface area (TPSA) is 63.2 Å². The molecule has 1 atom stereocenters. The second-order valence-electron chi connectivity index (χ2n) is 4.08. The third-order valence-electron chi connectivity index (χ3n) is 2.68. The van der Waals surface area contributed by atoms with Gasteiger partial charge in [0.2, 0.25) is 0 Å². The number of rotatable bonds is 4. The minimum absolute atomic E-state index is 0. The van der Waals surface area contributed by atoms with Gasteiger partial charge < -0.3 is 15.4 Å². The smallest absolute Gasteiger partial charge is 0.271 e. The average molecular weight is 292 g/mol. The molecule has 0 saturated carbocycles. The summed E-state index contributed by atoms with van der Waals surface area (Å²) in [5.41, 5.74) is 0.493. The van der Waals surface area contributed by atoms with Gasteiger partial charge in [-0.3, -0.25) is 4.79 Å². The Morgan fingerprint density at radius 3 is 3.22 bits per heavy atom. The van der Waals surface area contributed by atoms with Crippen molar-refractivity contribution in [3.63, 3.8) is 0 Å². The average Bonchev–Trinajstić information content (AvgIpc) is 2.79. The third kappa shape index (κ3) is 4.20. The quantitative estimate of drug-likeness (QED) is 0.875. The summed E-state index contributed by atoms with van der Waals surface area (Å²) >= 11 is 1.45. The summed E-state index contributed by atoms with van der Waals surface area (Å²) in [7, 11) is 1.62. The van der Waals surface area contributed by atoms with Crippen LogP contribution in [0.5, 0.6) is 0 Å². The molecule has 18 heavy (non-hydrogen) atoms. The van der Waals surface area contributed by atoms with Gasteiger partial charge in [0.15, 0.2) is 0 Å². The van der Waals surface area contributed by atoms with Crippen LogP contribution in [0.15, 0.2) is 5.38 Å². The van der Waals surface area contributed by atoms with Crippen LogP contribution < -0.4 is 10.6 Å². The highest BCUT2D eigenvalue weighted by molar-refractivity contribution is 7.09. The SMILES string of the molecule is COCc1nc(C(=O)N[C@H]2CCCNC2)cs1.Cl. The van der Waals surface area contributed by atoms with Crippen molar-refractivity contribution >= 4 is 29.7 Å². The van der Waals surface area contributed by atoms with Gasteiger partial charge in [-0.25, -0.2) is 4.98 Å². The summed E-state index contributed by atoms with van der Waals surface area (Å²) in [4.78, 5) is 16.1. The van der Waals surface area contributed by atoms with Crippen LogP contribution in [0.1, 0.15) is 28.3 Å². The number of aromatic nitrogens is 1. The Labute approximate surface area is 117 Å². The number of halogens is 1. The molecule has 2 rings (SSSR count). The van der Waals surface area contributed by atoms with Crippen molar-refractivity contribution in [2.75, 3.05) is 20.2 Å². The van der Waals surface area contributed by atoms with E-state index in [0.29, 0.717) is 12.3 Å². The Morgan fingerprint density at radius 2 is 2.56 bits per heavy atom. The zero-order chi connectivity index (χ0) is 12.1. The lowest BCUT2D eigenvalue weighted by molar-refractivity contribution is 0.0925. The summed E-state index contributed by atoms with van der Waals surface area (Å²) in [6, 6.07) is 0.226. The van der Waals surface area contributed by atoms with Gasteiger partial charge in [0.1, 0.15) is 10.7 Å². The number of amides is 1. The number of hydrogen-bond donors (Lipinski definition) is 2. The summed E-state index contributed by atoms with van der Waals surface area (Å²) in [6.45, 7) is 2.35. The molecule has 102 valence electrons. The summed E-state index contributed by atoms with van der Waals surface area (Å²) < 4.78 is 4.98. The molecule has 1 saturated heterocycles. The minimum atomic E-state index is -0.0858. The molecule has 1 amide bonds. The van der Waals surface area contributed by atoms with E-state index in [1.54, 1.807) is 12.5 Å². The molecule has 0 bridgehead atoms. The fraction of sp³-hybridized carbons (Fsp3) is 0.636. The fourth-order valence-corrected chi connectivity index (χ4v) is 2.58. The Kier molecular flexibility index (Phi) is 6.56. The molecule has 2 heterocycles. The maximum Gasteiger partial charge on any atom is 0.271 e. The van der Waals surface area contributed by atoms with Crippen LogP contribution in [0.3, 0.4) is 0 Å². The summed E-state index contributed by atoms with van der Waals surface area (Å²) in [6.07, 6.45) is 2.14. The van der Waals surface area contributed by atoms with Crippen LogP contribution in [-0.4, -0.2) is 37.1 Å². The molecule has 0 radical (unpaired) electrons. The van der Waals surface area contributed by atoms with E-state index < -0.39 is 0 Å². The minimum Gasteiger partial charge on any atom is -0.378 e. The Bertz CT molecular complexity index is 380. The van der Waals surface area contributed by atoms with Crippen LogP contribution in [0.4, 0.5) is 0 Å². The van der Waals surface area contributed by atoms with E-state index in [9.17, 15) is 4.79 Å². The normalized spacial score (nSPS) is 19.1. The van der Waals surface area contributed by atoms with Gasteiger partial charge in [0.25, 0.3) is 5.91 Å². The fourth-order valence-electron chi connectivity index (χ4n) is 1.84. The Hall–Kier alpha value is -0.690. The van der Waals surface area contributed by atoms with Gasteiger partial charge in [0.05, 0.1) is 6.61 Å². The van der Waals surface area contributed by atoms with Crippen molar-refractivity contribution in [2.24, 2.45) is 0 Å². The molecule has 1 fully saturated rings. The largest absolute Gasteiger partial charge is 0.378 e. The molecule has 0 spiro atoms. The molecule has 0 aromatic carbocycles. The first-order chi connectivity index (χ1) is 8.29. The third-order valence-corrected chi connectivity index (χ3v) is 3.51. The van der Waals surface area contributed by atoms with Crippen LogP contribution in [0.2, 0.25) is 0 Å². The van der Waals surface area contributed by atoms with Gasteiger partial charge in [0, 0.05) is 25.1 Å². The first-order valence-corrected chi connectivity index (χ1v) is 6.62. The molecule has 1 aromatic rings. The summed E-state index contributed by atoms with van der Waals surface area (Å²) in [5, 5.41) is 8.87. The van der Waals surface area contributed by atoms with E-state index in [1.165, 1.54) is 11.3 Å². The van der Waals surface area contributed by atoms with E-state index in [4.69, 9.17) is 4.74 Å². The first kappa shape index (κ1) is 15.4. The predicted octanol–water partition coefficient (Wildman–Crippen LogP) is 1.19. The highest BCUT2D eigenvalue weighted by Gasteiger charge is 2.17. The van der Waals surface area contributed by atoms with Gasteiger partial charge in [-0.05, 0) is 19.4 Å². The van der Waals surface area contributed by atoms with E-state index >= 15 is 0 Å². The van der Waals surface area contributed by atoms with Gasteiger partial charge in [-0.15, -0.1) is 23.7 Å². The Balaban J connectivity index is 0.00000162. The van der Waals surface area contributed by atoms with Crippen molar-refractivity contribution in [3.05, 3.63) is 16.1 Å². The molecule has 7 heteroatoms. The first-order valence-electron chi connectivity index (χ1n) is 5.74. The van der Waals surface area contributed by atoms with Crippen molar-refractivity contribution < 1.29 is 9.53 Å². The monoisotopic (exact) mass is 291 g/mol. The lowest BCUT2D eigenvalue weighted by Crippen LogP contribution is -2.45. The molecule has 1 aliphatic rings. The molecule has 0 aliphatic carbocycles. The van der Waals surface area contributed by atoms with E-state index in [1.807, 2.05) is 0 Å². The lowest BCUT2D eigenvalue weighted by Gasteiger charge is -2.23. The number of hydrogen-bond acceptors (Lipinski definition) is 5. The second kappa shape index (κ2) is 7.68. The number of nitrogens with zero attached hydrogens (tertiary/aromatic N) is 1. The Morgan fingerprint density at radius 1 is 1.72 bits per heavy atom. The zero-order valence-electron chi connectivity index (χ0n) is 10.3. The number of piperidine rings is 1. The van der Waals surface area contributed by atoms with Gasteiger partial charge in [-0.1, -0.05) is 0 Å². The molecule has 0 unspecified atom stereocenters. The molecule has 5 nitrogen and oxygen atoms in total. The van der Waals surface area contributed by atoms with Crippen LogP contribution in [0, 0.1) is 0 Å². The van der Waals surface area contributed by atoms with E-state index in [0.717, 1.165) is 30.9 Å². The zero-order valence-corrected chi connectivity index (χ0v) is 11.9. The molecular formula is C11H18ClN3O2S. The predicted molar refractivity (Wildman–Crippen MR) is 73.4 cm³/mol. The highest BCUT2D eigenvalue weighted by atomic mass is 35.5. The molecule has 1 aromatic heterocycles. The van der Waals surface area contributed by atoms with Crippen molar-refractivity contribution in [2.45, 2.75) is 25.5 Å². The standard InChI is InChI=1S/C11H17N3O2S.ClH/c1-16-6-10-14-9(7-17-10)11(15)13-8-3-2-4-12-5-8;/h7-8,12H,2-6H2,1H3,(H,13,15);1H/t8-;/m0./s1. The maximum absolute atomic E-state index is 11.9. The van der Waals surface area contributed by atoms with E-state index in [-0.39, 0.29) is 24.4 Å². The van der Waals surface area contributed by atoms with Crippen molar-refractivity contribution in [3.8, 4) is 0 Å². The highest BCUT2D eigenvalue weighted by Crippen LogP contribution is 2.11. The van der Waals surface area contributed by atoms with Gasteiger partial charge >= 0.3 is 0 Å².